The number of furan rings is 1. The molecule has 0 radical (unpaired) electrons. The maximum atomic E-state index is 9.57. The summed E-state index contributed by atoms with van der Waals surface area (Å²) < 4.78 is 7.57. The Balaban J connectivity index is 0.00000261. The highest BCUT2D eigenvalue weighted by Crippen LogP contribution is 2.24. The van der Waals surface area contributed by atoms with Crippen molar-refractivity contribution in [3.05, 3.63) is 47.7 Å². The largest absolute Gasteiger partial charge is 0.460 e. The quantitative estimate of drug-likeness (QED) is 0.414. The first kappa shape index (κ1) is 21.4. The SMILES string of the molecule is CC(O)c1ccc(-c2ccc(CNCCCSc3nnnn3C)o2)cc1.Cl. The molecule has 3 aromatic rings. The summed E-state index contributed by atoms with van der Waals surface area (Å²) in [6.07, 6.45) is 0.565. The number of rotatable bonds is 9. The number of tetrazole rings is 1. The van der Waals surface area contributed by atoms with Crippen LogP contribution in [0.2, 0.25) is 0 Å². The van der Waals surface area contributed by atoms with Crippen LogP contribution in [-0.2, 0) is 13.6 Å². The van der Waals surface area contributed by atoms with Crippen LogP contribution >= 0.6 is 24.2 Å². The summed E-state index contributed by atoms with van der Waals surface area (Å²) in [4.78, 5) is 0. The Kier molecular flexibility index (Phi) is 8.30. The van der Waals surface area contributed by atoms with E-state index >= 15 is 0 Å². The normalized spacial score (nSPS) is 12.0. The summed E-state index contributed by atoms with van der Waals surface area (Å²) in [5.41, 5.74) is 1.91. The van der Waals surface area contributed by atoms with Crippen LogP contribution in [0, 0.1) is 0 Å². The van der Waals surface area contributed by atoms with Crippen LogP contribution in [0.3, 0.4) is 0 Å². The minimum Gasteiger partial charge on any atom is -0.460 e. The molecule has 1 atom stereocenters. The molecule has 0 saturated heterocycles. The smallest absolute Gasteiger partial charge is 0.209 e. The van der Waals surface area contributed by atoms with Crippen molar-refractivity contribution in [3.8, 4) is 11.3 Å². The lowest BCUT2D eigenvalue weighted by Gasteiger charge is -2.05. The Bertz CT molecular complexity index is 819. The molecule has 0 aliphatic rings. The molecule has 0 spiro atoms. The molecule has 0 amide bonds. The fourth-order valence-electron chi connectivity index (χ4n) is 2.47. The summed E-state index contributed by atoms with van der Waals surface area (Å²) in [5, 5.41) is 25.2. The van der Waals surface area contributed by atoms with Gasteiger partial charge in [-0.05, 0) is 48.0 Å². The van der Waals surface area contributed by atoms with Gasteiger partial charge in [0.15, 0.2) is 0 Å². The molecule has 0 bridgehead atoms. The second-order valence-electron chi connectivity index (χ2n) is 6.03. The van der Waals surface area contributed by atoms with Gasteiger partial charge in [0.25, 0.3) is 0 Å². The van der Waals surface area contributed by atoms with Crippen LogP contribution in [0.25, 0.3) is 11.3 Å². The van der Waals surface area contributed by atoms with Gasteiger partial charge >= 0.3 is 0 Å². The molecule has 9 heteroatoms. The molecule has 2 heterocycles. The van der Waals surface area contributed by atoms with Crippen LogP contribution in [0.1, 0.15) is 30.8 Å². The highest BCUT2D eigenvalue weighted by atomic mass is 35.5. The Labute approximate surface area is 168 Å². The van der Waals surface area contributed by atoms with Gasteiger partial charge in [-0.25, -0.2) is 4.68 Å². The van der Waals surface area contributed by atoms with Gasteiger partial charge in [0.1, 0.15) is 11.5 Å². The molecular weight excluding hydrogens is 386 g/mol. The third-order valence-corrected chi connectivity index (χ3v) is 5.05. The number of aromatic nitrogens is 4. The maximum absolute atomic E-state index is 9.57. The van der Waals surface area contributed by atoms with E-state index < -0.39 is 6.10 Å². The molecule has 27 heavy (non-hydrogen) atoms. The molecule has 2 aromatic heterocycles. The minimum atomic E-state index is -0.455. The highest BCUT2D eigenvalue weighted by molar-refractivity contribution is 7.99. The number of hydrogen-bond acceptors (Lipinski definition) is 7. The molecule has 146 valence electrons. The van der Waals surface area contributed by atoms with E-state index in [0.29, 0.717) is 6.54 Å². The topological polar surface area (TPSA) is 89.0 Å². The molecule has 0 saturated carbocycles. The number of halogens is 1. The molecule has 1 aromatic carbocycles. The predicted octanol–water partition coefficient (Wildman–Crippen LogP) is 3.22. The van der Waals surface area contributed by atoms with Crippen molar-refractivity contribution in [2.45, 2.75) is 31.1 Å². The number of benzene rings is 1. The first-order valence-corrected chi connectivity index (χ1v) is 9.55. The van der Waals surface area contributed by atoms with Crippen LogP contribution in [0.15, 0.2) is 46.0 Å². The Morgan fingerprint density at radius 2 is 2.00 bits per heavy atom. The van der Waals surface area contributed by atoms with Gasteiger partial charge in [-0.1, -0.05) is 36.0 Å². The summed E-state index contributed by atoms with van der Waals surface area (Å²) in [6, 6.07) is 11.7. The van der Waals surface area contributed by atoms with Gasteiger partial charge in [-0.15, -0.1) is 17.5 Å². The van der Waals surface area contributed by atoms with Gasteiger partial charge in [-0.2, -0.15) is 0 Å². The predicted molar refractivity (Wildman–Crippen MR) is 108 cm³/mol. The average molecular weight is 410 g/mol. The zero-order chi connectivity index (χ0) is 18.4. The maximum Gasteiger partial charge on any atom is 0.209 e. The monoisotopic (exact) mass is 409 g/mol. The van der Waals surface area contributed by atoms with Gasteiger partial charge in [0, 0.05) is 18.4 Å². The fraction of sp³-hybridized carbons (Fsp3) is 0.389. The van der Waals surface area contributed by atoms with E-state index in [9.17, 15) is 5.11 Å². The minimum absolute atomic E-state index is 0. The summed E-state index contributed by atoms with van der Waals surface area (Å²) in [5.74, 6) is 2.70. The molecule has 0 aliphatic carbocycles. The lowest BCUT2D eigenvalue weighted by Crippen LogP contribution is -2.14. The first-order valence-electron chi connectivity index (χ1n) is 8.56. The lowest BCUT2D eigenvalue weighted by molar-refractivity contribution is 0.199. The average Bonchev–Trinajstić information content (AvgIpc) is 3.27. The summed E-state index contributed by atoms with van der Waals surface area (Å²) in [7, 11) is 1.84. The zero-order valence-electron chi connectivity index (χ0n) is 15.3. The lowest BCUT2D eigenvalue weighted by atomic mass is 10.1. The van der Waals surface area contributed by atoms with E-state index in [0.717, 1.165) is 46.5 Å². The van der Waals surface area contributed by atoms with Gasteiger partial charge in [-0.3, -0.25) is 0 Å². The van der Waals surface area contributed by atoms with Gasteiger partial charge in [0.05, 0.1) is 12.6 Å². The number of nitrogens with zero attached hydrogens (tertiary/aromatic N) is 4. The second-order valence-corrected chi connectivity index (χ2v) is 7.09. The van der Waals surface area contributed by atoms with Crippen molar-refractivity contribution in [2.24, 2.45) is 7.05 Å². The van der Waals surface area contributed by atoms with Crippen molar-refractivity contribution >= 4 is 24.2 Å². The number of hydrogen-bond donors (Lipinski definition) is 2. The van der Waals surface area contributed by atoms with Crippen molar-refractivity contribution in [1.29, 1.82) is 0 Å². The third kappa shape index (κ3) is 6.07. The van der Waals surface area contributed by atoms with E-state index in [1.54, 1.807) is 23.4 Å². The molecule has 3 rings (SSSR count). The molecule has 1 unspecified atom stereocenters. The van der Waals surface area contributed by atoms with Crippen molar-refractivity contribution in [1.82, 2.24) is 25.5 Å². The van der Waals surface area contributed by atoms with E-state index in [-0.39, 0.29) is 12.4 Å². The van der Waals surface area contributed by atoms with Gasteiger partial charge < -0.3 is 14.8 Å². The van der Waals surface area contributed by atoms with Crippen LogP contribution in [0.4, 0.5) is 0 Å². The third-order valence-electron chi connectivity index (χ3n) is 3.95. The Morgan fingerprint density at radius 1 is 1.22 bits per heavy atom. The summed E-state index contributed by atoms with van der Waals surface area (Å²) >= 11 is 1.65. The molecular formula is C18H24ClN5O2S. The van der Waals surface area contributed by atoms with Crippen LogP contribution in [0.5, 0.6) is 0 Å². The standard InChI is InChI=1S/C18H23N5O2S.ClH/c1-13(24)14-4-6-15(7-5-14)17-9-8-16(25-17)12-19-10-3-11-26-18-20-21-22-23(18)2;/h4-9,13,19,24H,3,10-12H2,1-2H3;1H. The molecule has 0 aliphatic heterocycles. The van der Waals surface area contributed by atoms with Crippen LogP contribution < -0.4 is 5.32 Å². The Hall–Kier alpha value is -1.87. The number of nitrogens with one attached hydrogen (secondary N) is 1. The summed E-state index contributed by atoms with van der Waals surface area (Å²) in [6.45, 7) is 3.35. The molecule has 7 nitrogen and oxygen atoms in total. The zero-order valence-corrected chi connectivity index (χ0v) is 17.0. The highest BCUT2D eigenvalue weighted by Gasteiger charge is 2.07. The van der Waals surface area contributed by atoms with Gasteiger partial charge in [0.2, 0.25) is 5.16 Å². The number of thioether (sulfide) groups is 1. The number of aliphatic hydroxyl groups excluding tert-OH is 1. The van der Waals surface area contributed by atoms with Crippen molar-refractivity contribution < 1.29 is 9.52 Å². The fourth-order valence-corrected chi connectivity index (χ4v) is 3.26. The number of aliphatic hydroxyl groups is 1. The van der Waals surface area contributed by atoms with Crippen molar-refractivity contribution in [3.63, 3.8) is 0 Å². The van der Waals surface area contributed by atoms with Crippen molar-refractivity contribution in [2.75, 3.05) is 12.3 Å². The molecule has 2 N–H and O–H groups in total. The Morgan fingerprint density at radius 3 is 2.67 bits per heavy atom. The van der Waals surface area contributed by atoms with E-state index in [1.165, 1.54) is 0 Å². The van der Waals surface area contributed by atoms with E-state index in [4.69, 9.17) is 4.42 Å². The first-order chi connectivity index (χ1) is 12.6. The van der Waals surface area contributed by atoms with E-state index in [1.807, 2.05) is 43.4 Å². The number of aryl methyl sites for hydroxylation is 1. The molecule has 0 fully saturated rings. The second kappa shape index (κ2) is 10.5. The van der Waals surface area contributed by atoms with Crippen LogP contribution in [-0.4, -0.2) is 37.6 Å². The van der Waals surface area contributed by atoms with E-state index in [2.05, 4.69) is 20.8 Å².